The van der Waals surface area contributed by atoms with Crippen LogP contribution in [-0.2, 0) is 48.1 Å². The zero-order valence-corrected chi connectivity index (χ0v) is 22.3. The highest BCUT2D eigenvalue weighted by atomic mass is 32.2. The van der Waals surface area contributed by atoms with E-state index < -0.39 is 86.9 Å². The van der Waals surface area contributed by atoms with Gasteiger partial charge >= 0.3 is 23.6 Å². The maximum Gasteiger partial charge on any atom is 0.347 e. The molecule has 15 nitrogen and oxygen atoms in total. The molecule has 4 atom stereocenters. The molecule has 0 saturated carbocycles. The van der Waals surface area contributed by atoms with E-state index in [4.69, 9.17) is 18.9 Å². The minimum atomic E-state index is -4.84. The van der Waals surface area contributed by atoms with Crippen LogP contribution in [0.3, 0.4) is 0 Å². The highest BCUT2D eigenvalue weighted by molar-refractivity contribution is 7.90. The molecule has 0 spiro atoms. The number of esters is 3. The van der Waals surface area contributed by atoms with Crippen LogP contribution in [-0.4, -0.2) is 65.7 Å². The summed E-state index contributed by atoms with van der Waals surface area (Å²) in [5.41, 5.74) is -3.03. The molecule has 2 heterocycles. The van der Waals surface area contributed by atoms with Crippen molar-refractivity contribution in [1.29, 1.82) is 0 Å². The molecule has 1 aliphatic rings. The van der Waals surface area contributed by atoms with E-state index in [1.165, 1.54) is 19.1 Å². The molecule has 2 aromatic rings. The Labute approximate surface area is 225 Å². The Balaban J connectivity index is 2.18. The van der Waals surface area contributed by atoms with Crippen molar-refractivity contribution in [2.24, 2.45) is 0 Å². The lowest BCUT2D eigenvalue weighted by atomic mass is 10.0. The molecule has 40 heavy (non-hydrogen) atoms. The number of halogens is 1. The first-order valence-electron chi connectivity index (χ1n) is 11.4. The highest BCUT2D eigenvalue weighted by Gasteiger charge is 2.49. The lowest BCUT2D eigenvalue weighted by molar-refractivity contribution is -0.240. The van der Waals surface area contributed by atoms with Crippen molar-refractivity contribution in [3.05, 3.63) is 57.1 Å². The van der Waals surface area contributed by atoms with Gasteiger partial charge in [0.25, 0.3) is 15.6 Å². The van der Waals surface area contributed by atoms with Gasteiger partial charge in [-0.15, -0.1) is 0 Å². The fourth-order valence-corrected chi connectivity index (χ4v) is 5.12. The van der Waals surface area contributed by atoms with Gasteiger partial charge in [-0.3, -0.25) is 24.0 Å². The van der Waals surface area contributed by atoms with Crippen LogP contribution in [0.2, 0.25) is 0 Å². The molecule has 216 valence electrons. The van der Waals surface area contributed by atoms with Gasteiger partial charge in [0.1, 0.15) is 0 Å². The predicted molar refractivity (Wildman–Crippen MR) is 130 cm³/mol. The second-order valence-electron chi connectivity index (χ2n) is 8.46. The number of carbonyl (C=O) groups excluding carboxylic acids is 4. The molecule has 17 heteroatoms. The molecular weight excluding hydrogens is 561 g/mol. The summed E-state index contributed by atoms with van der Waals surface area (Å²) in [6.45, 7) is 3.54. The van der Waals surface area contributed by atoms with Gasteiger partial charge in [0.05, 0.1) is 17.7 Å². The first kappa shape index (κ1) is 30.2. The van der Waals surface area contributed by atoms with E-state index in [1.807, 2.05) is 0 Å². The Morgan fingerprint density at radius 1 is 0.925 bits per heavy atom. The maximum atomic E-state index is 14.9. The number of anilines is 1. The van der Waals surface area contributed by atoms with E-state index in [0.29, 0.717) is 0 Å². The molecule has 0 unspecified atom stereocenters. The number of nitrogens with one attached hydrogen (secondary N) is 1. The van der Waals surface area contributed by atoms with Crippen molar-refractivity contribution in [3.63, 3.8) is 0 Å². The number of ether oxygens (including phenoxy) is 4. The number of carbonyl (C=O) groups is 4. The standard InChI is InChI=1S/C23H24FN3O12S/c1-11(28)25-15-5-7-16(8-6-15)40(34,35)26-9-17(24)21(32)27(23(26)33)22-20(39-14(4)31)19(38-13(3)30)18(10-36-22)37-12(2)29/h5-9,18-20,22H,10H2,1-4H3,(H,25,28)/t18-,19+,20-,22-/m1/s1. The minimum absolute atomic E-state index is 0.0483. The fraction of sp³-hybridized carbons (Fsp3) is 0.391. The van der Waals surface area contributed by atoms with Crippen molar-refractivity contribution in [2.45, 2.75) is 57.1 Å². The number of hydrogen-bond donors (Lipinski definition) is 1. The van der Waals surface area contributed by atoms with Crippen LogP contribution < -0.4 is 16.6 Å². The molecular formula is C23H24FN3O12S. The Hall–Kier alpha value is -4.38. The molecule has 1 aromatic carbocycles. The van der Waals surface area contributed by atoms with Crippen LogP contribution in [0, 0.1) is 5.82 Å². The van der Waals surface area contributed by atoms with Crippen LogP contribution in [0.4, 0.5) is 10.1 Å². The average Bonchev–Trinajstić information content (AvgIpc) is 2.83. The number of amides is 1. The van der Waals surface area contributed by atoms with Gasteiger partial charge in [-0.2, -0.15) is 8.36 Å². The van der Waals surface area contributed by atoms with Crippen molar-refractivity contribution >= 4 is 39.5 Å². The first-order chi connectivity index (χ1) is 18.6. The lowest BCUT2D eigenvalue weighted by Gasteiger charge is -2.40. The third kappa shape index (κ3) is 6.42. The molecule has 1 N–H and O–H groups in total. The normalized spacial score (nSPS) is 20.7. The smallest absolute Gasteiger partial charge is 0.347 e. The number of nitrogens with zero attached hydrogens (tertiary/aromatic N) is 2. The van der Waals surface area contributed by atoms with E-state index in [1.54, 1.807) is 0 Å². The SMILES string of the molecule is CC(=O)Nc1ccc(S(=O)(=O)n2cc(F)c(=O)n([C@@H]3OC[C@@H](OC(C)=O)[C@H](OC(C)=O)[C@H]3OC(C)=O)c2=O)cc1. The molecule has 0 aliphatic carbocycles. The molecule has 1 fully saturated rings. The predicted octanol–water partition coefficient (Wildman–Crippen LogP) is -0.332. The van der Waals surface area contributed by atoms with E-state index in [2.05, 4.69) is 5.32 Å². The van der Waals surface area contributed by atoms with Crippen LogP contribution in [0.25, 0.3) is 0 Å². The van der Waals surface area contributed by atoms with E-state index in [0.717, 1.165) is 32.9 Å². The minimum Gasteiger partial charge on any atom is -0.456 e. The molecule has 0 radical (unpaired) electrons. The zero-order valence-electron chi connectivity index (χ0n) is 21.5. The van der Waals surface area contributed by atoms with Crippen molar-refractivity contribution < 1.29 is 50.9 Å². The average molecular weight is 586 g/mol. The van der Waals surface area contributed by atoms with E-state index in [9.17, 15) is 41.6 Å². The van der Waals surface area contributed by atoms with Crippen LogP contribution in [0.15, 0.2) is 44.9 Å². The molecule has 0 bridgehead atoms. The highest BCUT2D eigenvalue weighted by Crippen LogP contribution is 2.29. The largest absolute Gasteiger partial charge is 0.456 e. The summed E-state index contributed by atoms with van der Waals surface area (Å²) in [6.07, 6.45) is -6.73. The Bertz CT molecular complexity index is 1560. The topological polar surface area (TPSA) is 195 Å². The second kappa shape index (κ2) is 11.8. The Kier molecular flexibility index (Phi) is 8.89. The van der Waals surface area contributed by atoms with Crippen molar-refractivity contribution in [2.75, 3.05) is 11.9 Å². The van der Waals surface area contributed by atoms with Crippen molar-refractivity contribution in [1.82, 2.24) is 8.54 Å². The quantitative estimate of drug-likeness (QED) is 0.329. The summed E-state index contributed by atoms with van der Waals surface area (Å²) in [5.74, 6) is -4.93. The van der Waals surface area contributed by atoms with Crippen LogP contribution >= 0.6 is 0 Å². The van der Waals surface area contributed by atoms with E-state index in [-0.39, 0.29) is 20.4 Å². The number of aromatic nitrogens is 2. The van der Waals surface area contributed by atoms with Crippen molar-refractivity contribution in [3.8, 4) is 0 Å². The Morgan fingerprint density at radius 3 is 2.00 bits per heavy atom. The Morgan fingerprint density at radius 2 is 1.48 bits per heavy atom. The van der Waals surface area contributed by atoms with Crippen LogP contribution in [0.5, 0.6) is 0 Å². The van der Waals surface area contributed by atoms with E-state index >= 15 is 0 Å². The third-order valence-corrected chi connectivity index (χ3v) is 7.01. The zero-order chi connectivity index (χ0) is 29.9. The summed E-state index contributed by atoms with van der Waals surface area (Å²) < 4.78 is 62.2. The van der Waals surface area contributed by atoms with Crippen LogP contribution in [0.1, 0.15) is 33.9 Å². The molecule has 1 saturated heterocycles. The monoisotopic (exact) mass is 585 g/mol. The fourth-order valence-electron chi connectivity index (χ4n) is 3.89. The number of benzene rings is 1. The van der Waals surface area contributed by atoms with Gasteiger partial charge in [-0.25, -0.2) is 17.8 Å². The number of rotatable bonds is 7. The lowest BCUT2D eigenvalue weighted by Crippen LogP contribution is -2.59. The summed E-state index contributed by atoms with van der Waals surface area (Å²) >= 11 is 0. The third-order valence-electron chi connectivity index (χ3n) is 5.36. The van der Waals surface area contributed by atoms with Gasteiger partial charge in [-0.1, -0.05) is 0 Å². The number of hydrogen-bond acceptors (Lipinski definition) is 12. The second-order valence-corrected chi connectivity index (χ2v) is 10.3. The van der Waals surface area contributed by atoms with Gasteiger partial charge in [0.2, 0.25) is 11.7 Å². The molecule has 1 aromatic heterocycles. The molecule has 1 aliphatic heterocycles. The van der Waals surface area contributed by atoms with Gasteiger partial charge in [-0.05, 0) is 24.3 Å². The maximum absolute atomic E-state index is 14.9. The summed E-state index contributed by atoms with van der Waals surface area (Å²) in [5, 5.41) is 2.42. The first-order valence-corrected chi connectivity index (χ1v) is 12.9. The van der Waals surface area contributed by atoms with Gasteiger partial charge < -0.3 is 24.3 Å². The van der Waals surface area contributed by atoms with Gasteiger partial charge in [0, 0.05) is 33.4 Å². The summed E-state index contributed by atoms with van der Waals surface area (Å²) in [6, 6.07) is 4.48. The molecule has 3 rings (SSSR count). The van der Waals surface area contributed by atoms with Gasteiger partial charge in [0.15, 0.2) is 24.5 Å². The molecule has 1 amide bonds. The summed E-state index contributed by atoms with van der Waals surface area (Å²) in [4.78, 5) is 72.2. The summed E-state index contributed by atoms with van der Waals surface area (Å²) in [7, 11) is -4.84.